The molecule has 1 N–H and O–H groups in total. The molecule has 0 unspecified atom stereocenters. The van der Waals surface area contributed by atoms with Crippen molar-refractivity contribution in [2.75, 3.05) is 0 Å². The number of thiophene rings is 1. The van der Waals surface area contributed by atoms with E-state index in [1.54, 1.807) is 23.5 Å². The summed E-state index contributed by atoms with van der Waals surface area (Å²) < 4.78 is 17.9. The van der Waals surface area contributed by atoms with Gasteiger partial charge in [0.25, 0.3) is 5.91 Å². The van der Waals surface area contributed by atoms with Gasteiger partial charge < -0.3 is 10.1 Å². The molecule has 2 rings (SSSR count). The fraction of sp³-hybridized carbons (Fsp3) is 0.294. The number of halogens is 1. The molecular formula is C17H18FNO3S. The molecule has 23 heavy (non-hydrogen) atoms. The maximum atomic E-state index is 12.8. The van der Waals surface area contributed by atoms with E-state index in [0.29, 0.717) is 6.42 Å². The molecule has 122 valence electrons. The average Bonchev–Trinajstić information content (AvgIpc) is 3.05. The number of hydrogen-bond donors (Lipinski definition) is 1. The first kappa shape index (κ1) is 17.1. The second-order valence-electron chi connectivity index (χ2n) is 5.06. The molecule has 0 aliphatic carbocycles. The molecule has 1 aromatic heterocycles. The zero-order valence-electron chi connectivity index (χ0n) is 12.8. The highest BCUT2D eigenvalue weighted by Crippen LogP contribution is 2.11. The van der Waals surface area contributed by atoms with Gasteiger partial charge >= 0.3 is 5.97 Å². The van der Waals surface area contributed by atoms with Gasteiger partial charge in [0.15, 0.2) is 6.10 Å². The SMILES string of the molecule is C[C@@H](OC(=O)CCc1cccs1)C(=O)NCc1ccc(F)cc1. The first-order valence-electron chi connectivity index (χ1n) is 7.28. The minimum atomic E-state index is -0.855. The van der Waals surface area contributed by atoms with E-state index in [9.17, 15) is 14.0 Å². The number of aryl methyl sites for hydroxylation is 1. The summed E-state index contributed by atoms with van der Waals surface area (Å²) in [4.78, 5) is 24.7. The number of rotatable bonds is 7. The third kappa shape index (κ3) is 5.83. The van der Waals surface area contributed by atoms with Crippen LogP contribution in [0.15, 0.2) is 41.8 Å². The van der Waals surface area contributed by atoms with Gasteiger partial charge in [-0.05, 0) is 42.5 Å². The van der Waals surface area contributed by atoms with Crippen LogP contribution in [-0.4, -0.2) is 18.0 Å². The summed E-state index contributed by atoms with van der Waals surface area (Å²) in [5, 5.41) is 4.61. The lowest BCUT2D eigenvalue weighted by Gasteiger charge is -2.13. The predicted octanol–water partition coefficient (Wildman–Crippen LogP) is 3.07. The van der Waals surface area contributed by atoms with E-state index in [1.807, 2.05) is 17.5 Å². The second kappa shape index (κ2) is 8.43. The van der Waals surface area contributed by atoms with Crippen LogP contribution >= 0.6 is 11.3 Å². The standard InChI is InChI=1S/C17H18FNO3S/c1-12(22-16(20)9-8-15-3-2-10-23-15)17(21)19-11-13-4-6-14(18)7-5-13/h2-7,10,12H,8-9,11H2,1H3,(H,19,21)/t12-/m1/s1. The van der Waals surface area contributed by atoms with Crippen molar-refractivity contribution in [2.45, 2.75) is 32.4 Å². The summed E-state index contributed by atoms with van der Waals surface area (Å²) in [6.07, 6.45) is 0.00236. The van der Waals surface area contributed by atoms with Gasteiger partial charge in [0, 0.05) is 11.4 Å². The Hall–Kier alpha value is -2.21. The summed E-state index contributed by atoms with van der Waals surface area (Å²) in [5.74, 6) is -1.10. The van der Waals surface area contributed by atoms with E-state index in [1.165, 1.54) is 19.1 Å². The van der Waals surface area contributed by atoms with Crippen LogP contribution in [0.4, 0.5) is 4.39 Å². The van der Waals surface area contributed by atoms with Crippen molar-refractivity contribution in [1.82, 2.24) is 5.32 Å². The Morgan fingerprint density at radius 2 is 2.00 bits per heavy atom. The smallest absolute Gasteiger partial charge is 0.306 e. The summed E-state index contributed by atoms with van der Waals surface area (Å²) in [7, 11) is 0. The van der Waals surface area contributed by atoms with Crippen LogP contribution in [0.2, 0.25) is 0 Å². The van der Waals surface area contributed by atoms with Gasteiger partial charge in [0.1, 0.15) is 5.82 Å². The Labute approximate surface area is 138 Å². The first-order valence-corrected chi connectivity index (χ1v) is 8.16. The molecule has 2 aromatic rings. The Bertz CT molecular complexity index is 640. The van der Waals surface area contributed by atoms with E-state index in [4.69, 9.17) is 4.74 Å². The average molecular weight is 335 g/mol. The number of benzene rings is 1. The lowest BCUT2D eigenvalue weighted by Crippen LogP contribution is -2.35. The quantitative estimate of drug-likeness (QED) is 0.791. The van der Waals surface area contributed by atoms with Crippen LogP contribution in [0.5, 0.6) is 0 Å². The van der Waals surface area contributed by atoms with Gasteiger partial charge in [0.2, 0.25) is 0 Å². The van der Waals surface area contributed by atoms with Gasteiger partial charge in [-0.2, -0.15) is 0 Å². The zero-order chi connectivity index (χ0) is 16.7. The van der Waals surface area contributed by atoms with Gasteiger partial charge in [-0.3, -0.25) is 9.59 Å². The largest absolute Gasteiger partial charge is 0.453 e. The number of carbonyl (C=O) groups is 2. The molecule has 0 spiro atoms. The van der Waals surface area contributed by atoms with Gasteiger partial charge in [0.05, 0.1) is 6.42 Å². The fourth-order valence-corrected chi connectivity index (χ4v) is 2.63. The summed E-state index contributed by atoms with van der Waals surface area (Å²) in [6, 6.07) is 9.72. The van der Waals surface area contributed by atoms with E-state index >= 15 is 0 Å². The predicted molar refractivity (Wildman–Crippen MR) is 86.4 cm³/mol. The molecule has 0 aliphatic rings. The van der Waals surface area contributed by atoms with Crippen LogP contribution in [0.3, 0.4) is 0 Å². The lowest BCUT2D eigenvalue weighted by molar-refractivity contribution is -0.154. The minimum absolute atomic E-state index is 0.246. The summed E-state index contributed by atoms with van der Waals surface area (Å²) >= 11 is 1.58. The second-order valence-corrected chi connectivity index (χ2v) is 6.09. The Balaban J connectivity index is 1.71. The van der Waals surface area contributed by atoms with E-state index in [2.05, 4.69) is 5.32 Å². The normalized spacial score (nSPS) is 11.7. The van der Waals surface area contributed by atoms with Gasteiger partial charge in [-0.15, -0.1) is 11.3 Å². The molecule has 0 bridgehead atoms. The molecular weight excluding hydrogens is 317 g/mol. The van der Waals surface area contributed by atoms with Crippen LogP contribution in [0, 0.1) is 5.82 Å². The van der Waals surface area contributed by atoms with Crippen molar-refractivity contribution in [3.8, 4) is 0 Å². The Morgan fingerprint density at radius 1 is 1.26 bits per heavy atom. The molecule has 1 atom stereocenters. The molecule has 1 amide bonds. The zero-order valence-corrected chi connectivity index (χ0v) is 13.6. The Kier molecular flexibility index (Phi) is 6.29. The minimum Gasteiger partial charge on any atom is -0.453 e. The first-order chi connectivity index (χ1) is 11.0. The monoisotopic (exact) mass is 335 g/mol. The van der Waals surface area contributed by atoms with Crippen molar-refractivity contribution in [1.29, 1.82) is 0 Å². The molecule has 6 heteroatoms. The fourth-order valence-electron chi connectivity index (χ4n) is 1.92. The number of esters is 1. The van der Waals surface area contributed by atoms with E-state index < -0.39 is 12.1 Å². The highest BCUT2D eigenvalue weighted by atomic mass is 32.1. The maximum absolute atomic E-state index is 12.8. The van der Waals surface area contributed by atoms with Crippen LogP contribution in [0.25, 0.3) is 0 Å². The van der Waals surface area contributed by atoms with Gasteiger partial charge in [-0.25, -0.2) is 4.39 Å². The lowest BCUT2D eigenvalue weighted by atomic mass is 10.2. The number of carbonyl (C=O) groups excluding carboxylic acids is 2. The van der Waals surface area contributed by atoms with Crippen molar-refractivity contribution in [3.05, 3.63) is 58.0 Å². The van der Waals surface area contributed by atoms with Crippen LogP contribution in [-0.2, 0) is 27.3 Å². The summed E-state index contributed by atoms with van der Waals surface area (Å²) in [6.45, 7) is 1.79. The third-order valence-corrected chi connectivity index (χ3v) is 4.15. The van der Waals surface area contributed by atoms with Crippen LogP contribution < -0.4 is 5.32 Å². The molecule has 1 aromatic carbocycles. The highest BCUT2D eigenvalue weighted by Gasteiger charge is 2.17. The third-order valence-electron chi connectivity index (χ3n) is 3.21. The maximum Gasteiger partial charge on any atom is 0.306 e. The molecule has 0 radical (unpaired) electrons. The topological polar surface area (TPSA) is 55.4 Å². The van der Waals surface area contributed by atoms with Crippen molar-refractivity contribution >= 4 is 23.2 Å². The van der Waals surface area contributed by atoms with Crippen molar-refractivity contribution in [3.63, 3.8) is 0 Å². The molecule has 4 nitrogen and oxygen atoms in total. The highest BCUT2D eigenvalue weighted by molar-refractivity contribution is 7.09. The van der Waals surface area contributed by atoms with Crippen LogP contribution in [0.1, 0.15) is 23.8 Å². The number of nitrogens with one attached hydrogen (secondary N) is 1. The molecule has 1 heterocycles. The molecule has 0 fully saturated rings. The van der Waals surface area contributed by atoms with E-state index in [-0.39, 0.29) is 24.7 Å². The number of ether oxygens (including phenoxy) is 1. The van der Waals surface area contributed by atoms with Crippen molar-refractivity contribution < 1.29 is 18.7 Å². The van der Waals surface area contributed by atoms with E-state index in [0.717, 1.165) is 10.4 Å². The molecule has 0 aliphatic heterocycles. The molecule has 0 saturated heterocycles. The summed E-state index contributed by atoms with van der Waals surface area (Å²) in [5.41, 5.74) is 0.774. The number of amides is 1. The molecule has 0 saturated carbocycles. The Morgan fingerprint density at radius 3 is 2.65 bits per heavy atom. The number of hydrogen-bond acceptors (Lipinski definition) is 4. The van der Waals surface area contributed by atoms with Crippen molar-refractivity contribution in [2.24, 2.45) is 0 Å². The van der Waals surface area contributed by atoms with Gasteiger partial charge in [-0.1, -0.05) is 18.2 Å².